The maximum atomic E-state index is 10.9. The summed E-state index contributed by atoms with van der Waals surface area (Å²) in [6.07, 6.45) is 1.31. The topological polar surface area (TPSA) is 75.1 Å². The highest BCUT2D eigenvalue weighted by molar-refractivity contribution is 7.11. The molecule has 0 aromatic carbocycles. The number of carboxylic acids is 1. The van der Waals surface area contributed by atoms with Crippen LogP contribution in [0.1, 0.15) is 28.9 Å². The quantitative estimate of drug-likeness (QED) is 0.787. The van der Waals surface area contributed by atoms with E-state index in [0.717, 1.165) is 16.6 Å². The van der Waals surface area contributed by atoms with Gasteiger partial charge in [0.1, 0.15) is 10.0 Å². The van der Waals surface area contributed by atoms with Crippen molar-refractivity contribution in [3.63, 3.8) is 0 Å². The molecule has 0 bridgehead atoms. The highest BCUT2D eigenvalue weighted by Gasteiger charge is 2.29. The summed E-state index contributed by atoms with van der Waals surface area (Å²) in [5.74, 6) is -0.955. The summed E-state index contributed by atoms with van der Waals surface area (Å²) in [6, 6.07) is 0.0612. The first-order valence-corrected chi connectivity index (χ1v) is 5.74. The van der Waals surface area contributed by atoms with Gasteiger partial charge in [-0.1, -0.05) is 0 Å². The van der Waals surface area contributed by atoms with Gasteiger partial charge in [-0.05, 0) is 26.3 Å². The Morgan fingerprint density at radius 1 is 1.60 bits per heavy atom. The maximum Gasteiger partial charge on any atom is 0.306 e. The van der Waals surface area contributed by atoms with Crippen LogP contribution in [0.25, 0.3) is 0 Å². The first-order valence-electron chi connectivity index (χ1n) is 4.93. The normalized spacial score (nSPS) is 26.5. The Kier molecular flexibility index (Phi) is 2.97. The second-order valence-electron chi connectivity index (χ2n) is 3.73. The molecule has 1 aromatic rings. The molecule has 5 nitrogen and oxygen atoms in total. The van der Waals surface area contributed by atoms with Crippen LogP contribution in [0.3, 0.4) is 0 Å². The van der Waals surface area contributed by atoms with Gasteiger partial charge in [0, 0.05) is 0 Å². The molecule has 0 spiro atoms. The van der Waals surface area contributed by atoms with E-state index in [1.165, 1.54) is 11.3 Å². The first kappa shape index (κ1) is 10.5. The molecule has 2 unspecified atom stereocenters. The van der Waals surface area contributed by atoms with E-state index in [2.05, 4.69) is 15.5 Å². The molecule has 15 heavy (non-hydrogen) atoms. The SMILES string of the molecule is Cc1nnc(C2CC(C(=O)O)CCN2)s1. The van der Waals surface area contributed by atoms with Crippen molar-refractivity contribution in [2.45, 2.75) is 25.8 Å². The second kappa shape index (κ2) is 4.24. The zero-order chi connectivity index (χ0) is 10.8. The number of rotatable bonds is 2. The standard InChI is InChI=1S/C9H13N3O2S/c1-5-11-12-8(15-5)7-4-6(9(13)14)2-3-10-7/h6-7,10H,2-4H2,1H3,(H,13,14). The van der Waals surface area contributed by atoms with Crippen molar-refractivity contribution in [2.75, 3.05) is 6.54 Å². The predicted molar refractivity (Wildman–Crippen MR) is 55.7 cm³/mol. The Morgan fingerprint density at radius 3 is 3.00 bits per heavy atom. The summed E-state index contributed by atoms with van der Waals surface area (Å²) in [4.78, 5) is 10.9. The van der Waals surface area contributed by atoms with E-state index in [-0.39, 0.29) is 12.0 Å². The van der Waals surface area contributed by atoms with Crippen LogP contribution in [0.15, 0.2) is 0 Å². The zero-order valence-corrected chi connectivity index (χ0v) is 9.25. The Hall–Kier alpha value is -1.01. The monoisotopic (exact) mass is 227 g/mol. The average molecular weight is 227 g/mol. The lowest BCUT2D eigenvalue weighted by molar-refractivity contribution is -0.143. The van der Waals surface area contributed by atoms with Crippen LogP contribution in [0.4, 0.5) is 0 Å². The molecule has 2 N–H and O–H groups in total. The fourth-order valence-corrected chi connectivity index (χ4v) is 2.57. The number of nitrogens with zero attached hydrogens (tertiary/aromatic N) is 2. The van der Waals surface area contributed by atoms with Gasteiger partial charge >= 0.3 is 5.97 Å². The molecule has 1 aliphatic heterocycles. The third kappa shape index (κ3) is 2.32. The first-order chi connectivity index (χ1) is 7.16. The average Bonchev–Trinajstić information content (AvgIpc) is 2.65. The third-order valence-corrected chi connectivity index (χ3v) is 3.55. The van der Waals surface area contributed by atoms with E-state index in [4.69, 9.17) is 5.11 Å². The molecule has 1 aliphatic rings. The van der Waals surface area contributed by atoms with Crippen LogP contribution in [0, 0.1) is 12.8 Å². The summed E-state index contributed by atoms with van der Waals surface area (Å²) in [6.45, 7) is 2.64. The maximum absolute atomic E-state index is 10.9. The van der Waals surface area contributed by atoms with E-state index in [9.17, 15) is 4.79 Å². The summed E-state index contributed by atoms with van der Waals surface area (Å²) >= 11 is 1.53. The number of hydrogen-bond acceptors (Lipinski definition) is 5. The molecule has 1 fully saturated rings. The lowest BCUT2D eigenvalue weighted by atomic mass is 9.93. The number of carbonyl (C=O) groups is 1. The zero-order valence-electron chi connectivity index (χ0n) is 8.43. The third-order valence-electron chi connectivity index (χ3n) is 2.59. The Labute approximate surface area is 91.5 Å². The number of aromatic nitrogens is 2. The minimum Gasteiger partial charge on any atom is -0.481 e. The Morgan fingerprint density at radius 2 is 2.40 bits per heavy atom. The van der Waals surface area contributed by atoms with Gasteiger partial charge in [0.15, 0.2) is 0 Å². The molecule has 1 aromatic heterocycles. The van der Waals surface area contributed by atoms with Gasteiger partial charge < -0.3 is 10.4 Å². The minimum atomic E-state index is -0.706. The summed E-state index contributed by atoms with van der Waals surface area (Å²) in [7, 11) is 0. The lowest BCUT2D eigenvalue weighted by Crippen LogP contribution is -2.34. The number of aryl methyl sites for hydroxylation is 1. The molecule has 2 heterocycles. The van der Waals surface area contributed by atoms with Crippen molar-refractivity contribution < 1.29 is 9.90 Å². The summed E-state index contributed by atoms with van der Waals surface area (Å²) in [5.41, 5.74) is 0. The van der Waals surface area contributed by atoms with Gasteiger partial charge in [-0.2, -0.15) is 0 Å². The van der Waals surface area contributed by atoms with E-state index in [1.807, 2.05) is 6.92 Å². The molecular formula is C9H13N3O2S. The van der Waals surface area contributed by atoms with Crippen LogP contribution in [0.2, 0.25) is 0 Å². The molecular weight excluding hydrogens is 214 g/mol. The van der Waals surface area contributed by atoms with Crippen molar-refractivity contribution >= 4 is 17.3 Å². The van der Waals surface area contributed by atoms with Gasteiger partial charge in [0.05, 0.1) is 12.0 Å². The van der Waals surface area contributed by atoms with E-state index in [1.54, 1.807) is 0 Å². The van der Waals surface area contributed by atoms with Crippen LogP contribution in [-0.4, -0.2) is 27.8 Å². The molecule has 0 radical (unpaired) electrons. The van der Waals surface area contributed by atoms with Crippen molar-refractivity contribution in [1.82, 2.24) is 15.5 Å². The van der Waals surface area contributed by atoms with E-state index >= 15 is 0 Å². The smallest absolute Gasteiger partial charge is 0.306 e. The van der Waals surface area contributed by atoms with Crippen LogP contribution < -0.4 is 5.32 Å². The lowest BCUT2D eigenvalue weighted by Gasteiger charge is -2.26. The van der Waals surface area contributed by atoms with Crippen LogP contribution in [-0.2, 0) is 4.79 Å². The molecule has 2 atom stereocenters. The van der Waals surface area contributed by atoms with Gasteiger partial charge in [0.25, 0.3) is 0 Å². The van der Waals surface area contributed by atoms with Crippen LogP contribution >= 0.6 is 11.3 Å². The van der Waals surface area contributed by atoms with Crippen LogP contribution in [0.5, 0.6) is 0 Å². The number of hydrogen-bond donors (Lipinski definition) is 2. The molecule has 82 valence electrons. The van der Waals surface area contributed by atoms with Gasteiger partial charge in [-0.25, -0.2) is 0 Å². The number of nitrogens with one attached hydrogen (secondary N) is 1. The highest BCUT2D eigenvalue weighted by atomic mass is 32.1. The summed E-state index contributed by atoms with van der Waals surface area (Å²) in [5, 5.41) is 22.0. The number of aliphatic carboxylic acids is 1. The molecule has 0 aliphatic carbocycles. The number of carboxylic acid groups (broad SMARTS) is 1. The van der Waals surface area contributed by atoms with Gasteiger partial charge in [0.2, 0.25) is 0 Å². The molecule has 0 amide bonds. The highest BCUT2D eigenvalue weighted by Crippen LogP contribution is 2.28. The van der Waals surface area contributed by atoms with Crippen molar-refractivity contribution in [2.24, 2.45) is 5.92 Å². The largest absolute Gasteiger partial charge is 0.481 e. The van der Waals surface area contributed by atoms with Crippen molar-refractivity contribution in [3.05, 3.63) is 10.0 Å². The van der Waals surface area contributed by atoms with E-state index < -0.39 is 5.97 Å². The fraction of sp³-hybridized carbons (Fsp3) is 0.667. The number of piperidine rings is 1. The predicted octanol–water partition coefficient (Wildman–Crippen LogP) is 0.972. The molecule has 0 saturated carbocycles. The van der Waals surface area contributed by atoms with Crippen molar-refractivity contribution in [3.8, 4) is 0 Å². The van der Waals surface area contributed by atoms with E-state index in [0.29, 0.717) is 12.8 Å². The van der Waals surface area contributed by atoms with Gasteiger partial charge in [-0.15, -0.1) is 21.5 Å². The molecule has 6 heteroatoms. The summed E-state index contributed by atoms with van der Waals surface area (Å²) < 4.78 is 0. The fourth-order valence-electron chi connectivity index (χ4n) is 1.78. The minimum absolute atomic E-state index is 0.0612. The Balaban J connectivity index is 2.07. The molecule has 2 rings (SSSR count). The molecule has 1 saturated heterocycles. The van der Waals surface area contributed by atoms with Crippen molar-refractivity contribution in [1.29, 1.82) is 0 Å². The second-order valence-corrected chi connectivity index (χ2v) is 4.94. The Bertz CT molecular complexity index is 366. The van der Waals surface area contributed by atoms with Gasteiger partial charge in [-0.3, -0.25) is 4.79 Å².